The molecule has 180 valence electrons. The van der Waals surface area contributed by atoms with Crippen LogP contribution in [0.2, 0.25) is 0 Å². The lowest BCUT2D eigenvalue weighted by atomic mass is 9.90. The molecular formula is C27H28BrN5OS. The lowest BCUT2D eigenvalue weighted by molar-refractivity contribution is 0.481. The molecule has 1 saturated carbocycles. The Labute approximate surface area is 217 Å². The van der Waals surface area contributed by atoms with Gasteiger partial charge in [-0.1, -0.05) is 53.2 Å². The fourth-order valence-corrected chi connectivity index (χ4v) is 5.67. The van der Waals surface area contributed by atoms with Crippen LogP contribution in [-0.2, 0) is 7.05 Å². The minimum atomic E-state index is -0.140. The van der Waals surface area contributed by atoms with E-state index in [0.29, 0.717) is 10.5 Å². The van der Waals surface area contributed by atoms with Gasteiger partial charge in [0.25, 0.3) is 5.56 Å². The quantitative estimate of drug-likeness (QED) is 0.289. The second-order valence-corrected chi connectivity index (χ2v) is 10.8. The Bertz CT molecular complexity index is 1510. The van der Waals surface area contributed by atoms with Crippen molar-refractivity contribution in [2.45, 2.75) is 39.5 Å². The molecule has 0 aliphatic heterocycles. The summed E-state index contributed by atoms with van der Waals surface area (Å²) >= 11 is 5.10. The Hall–Kier alpha value is -2.97. The molecule has 2 aromatic heterocycles. The zero-order valence-electron chi connectivity index (χ0n) is 20.1. The smallest absolute Gasteiger partial charge is 0.283 e. The molecule has 1 aliphatic carbocycles. The number of aromatic nitrogens is 3. The van der Waals surface area contributed by atoms with Crippen LogP contribution in [0.25, 0.3) is 16.9 Å². The van der Waals surface area contributed by atoms with E-state index in [4.69, 9.17) is 10.1 Å². The first kappa shape index (κ1) is 23.8. The van der Waals surface area contributed by atoms with E-state index in [1.165, 1.54) is 17.0 Å². The molecule has 8 heteroatoms. The van der Waals surface area contributed by atoms with Gasteiger partial charge in [0, 0.05) is 28.2 Å². The van der Waals surface area contributed by atoms with Crippen LogP contribution >= 0.6 is 27.3 Å². The predicted molar refractivity (Wildman–Crippen MR) is 147 cm³/mol. The van der Waals surface area contributed by atoms with Crippen LogP contribution in [0.3, 0.4) is 0 Å². The Morgan fingerprint density at radius 1 is 1.06 bits per heavy atom. The minimum absolute atomic E-state index is 0.140. The van der Waals surface area contributed by atoms with Crippen molar-refractivity contribution in [2.75, 3.05) is 0 Å². The summed E-state index contributed by atoms with van der Waals surface area (Å²) in [6.07, 6.45) is 4.29. The number of hydrogen-bond acceptors (Lipinski definition) is 4. The van der Waals surface area contributed by atoms with Crippen molar-refractivity contribution in [3.8, 4) is 16.9 Å². The van der Waals surface area contributed by atoms with Crippen molar-refractivity contribution in [1.29, 1.82) is 0 Å². The van der Waals surface area contributed by atoms with Gasteiger partial charge in [0.05, 0.1) is 17.1 Å². The van der Waals surface area contributed by atoms with Crippen LogP contribution in [-0.4, -0.2) is 19.8 Å². The fraction of sp³-hybridized carbons (Fsp3) is 0.296. The number of nitrogens with zero attached hydrogens (tertiary/aromatic N) is 5. The Morgan fingerprint density at radius 2 is 1.80 bits per heavy atom. The second-order valence-electron chi connectivity index (χ2n) is 9.10. The van der Waals surface area contributed by atoms with Gasteiger partial charge in [-0.2, -0.15) is 5.10 Å². The van der Waals surface area contributed by atoms with Crippen molar-refractivity contribution in [1.82, 2.24) is 14.0 Å². The van der Waals surface area contributed by atoms with Gasteiger partial charge in [-0.25, -0.2) is 14.4 Å². The first-order valence-corrected chi connectivity index (χ1v) is 13.5. The molecule has 1 aliphatic rings. The van der Waals surface area contributed by atoms with Gasteiger partial charge >= 0.3 is 0 Å². The van der Waals surface area contributed by atoms with Gasteiger partial charge in [-0.3, -0.25) is 9.48 Å². The van der Waals surface area contributed by atoms with E-state index in [9.17, 15) is 4.79 Å². The Kier molecular flexibility index (Phi) is 6.75. The predicted octanol–water partition coefficient (Wildman–Crippen LogP) is 6.42. The monoisotopic (exact) mass is 549 g/mol. The van der Waals surface area contributed by atoms with Gasteiger partial charge < -0.3 is 0 Å². The normalized spacial score (nSPS) is 16.6. The molecule has 0 radical (unpaired) electrons. The molecule has 35 heavy (non-hydrogen) atoms. The van der Waals surface area contributed by atoms with Crippen molar-refractivity contribution in [2.24, 2.45) is 23.1 Å². The lowest BCUT2D eigenvalue weighted by Gasteiger charge is -2.19. The Morgan fingerprint density at radius 3 is 2.51 bits per heavy atom. The van der Waals surface area contributed by atoms with Gasteiger partial charge in [0.2, 0.25) is 4.80 Å². The number of benzene rings is 2. The topological polar surface area (TPSA) is 56.6 Å². The third-order valence-electron chi connectivity index (χ3n) is 6.63. The number of thiazole rings is 1. The molecule has 5 rings (SSSR count). The van der Waals surface area contributed by atoms with Crippen molar-refractivity contribution in [3.63, 3.8) is 0 Å². The van der Waals surface area contributed by atoms with E-state index in [-0.39, 0.29) is 5.56 Å². The summed E-state index contributed by atoms with van der Waals surface area (Å²) in [6, 6.07) is 17.9. The van der Waals surface area contributed by atoms with E-state index in [1.807, 2.05) is 65.8 Å². The van der Waals surface area contributed by atoms with Gasteiger partial charge in [-0.05, 0) is 62.8 Å². The molecule has 6 nitrogen and oxygen atoms in total. The Balaban J connectivity index is 1.69. The molecule has 0 atom stereocenters. The summed E-state index contributed by atoms with van der Waals surface area (Å²) in [4.78, 5) is 19.1. The van der Waals surface area contributed by atoms with Crippen molar-refractivity contribution < 1.29 is 0 Å². The summed E-state index contributed by atoms with van der Waals surface area (Å²) < 4.78 is 6.46. The van der Waals surface area contributed by atoms with E-state index >= 15 is 0 Å². The molecule has 0 saturated heterocycles. The molecule has 0 spiro atoms. The average molecular weight is 551 g/mol. The fourth-order valence-electron chi connectivity index (χ4n) is 4.44. The SMILES string of the molecule is Cc1c(N=c2scc(-c3cccc(Br)c3)n2N=C2CCC(C)CC2)c(=O)n(-c2ccccc2)n1C. The maximum atomic E-state index is 13.5. The third-order valence-corrected chi connectivity index (χ3v) is 7.94. The van der Waals surface area contributed by atoms with Crippen LogP contribution < -0.4 is 10.4 Å². The van der Waals surface area contributed by atoms with Crippen molar-refractivity contribution in [3.05, 3.63) is 85.3 Å². The van der Waals surface area contributed by atoms with E-state index in [1.54, 1.807) is 4.68 Å². The minimum Gasteiger partial charge on any atom is -0.283 e. The summed E-state index contributed by atoms with van der Waals surface area (Å²) in [7, 11) is 1.89. The summed E-state index contributed by atoms with van der Waals surface area (Å²) in [5.74, 6) is 0.735. The van der Waals surface area contributed by atoms with Crippen LogP contribution in [0.5, 0.6) is 0 Å². The molecule has 4 aromatic rings. The van der Waals surface area contributed by atoms with E-state index < -0.39 is 0 Å². The highest BCUT2D eigenvalue weighted by Gasteiger charge is 2.18. The first-order valence-electron chi connectivity index (χ1n) is 11.8. The second kappa shape index (κ2) is 9.95. The van der Waals surface area contributed by atoms with Gasteiger partial charge in [0.15, 0.2) is 5.69 Å². The number of halogens is 1. The standard InChI is InChI=1S/C27H28BrN5OS/c1-18-12-14-22(15-13-18)30-32-24(20-8-7-9-21(28)16-20)17-35-27(32)29-25-19(2)31(3)33(26(25)34)23-10-5-4-6-11-23/h4-11,16-18H,12-15H2,1-3H3. The van der Waals surface area contributed by atoms with E-state index in [0.717, 1.165) is 58.7 Å². The number of rotatable bonds is 4. The number of hydrogen-bond donors (Lipinski definition) is 0. The third kappa shape index (κ3) is 4.77. The maximum Gasteiger partial charge on any atom is 0.297 e. The van der Waals surface area contributed by atoms with Gasteiger partial charge in [0.1, 0.15) is 0 Å². The zero-order chi connectivity index (χ0) is 24.5. The van der Waals surface area contributed by atoms with Crippen LogP contribution in [0.15, 0.2) is 79.3 Å². The molecule has 0 unspecified atom stereocenters. The van der Waals surface area contributed by atoms with Crippen LogP contribution in [0.4, 0.5) is 5.69 Å². The molecule has 0 N–H and O–H groups in total. The first-order chi connectivity index (χ1) is 16.9. The van der Waals surface area contributed by atoms with Crippen molar-refractivity contribution >= 4 is 38.7 Å². The lowest BCUT2D eigenvalue weighted by Crippen LogP contribution is -2.20. The molecule has 2 heterocycles. The van der Waals surface area contributed by atoms with Crippen LogP contribution in [0.1, 0.15) is 38.3 Å². The zero-order valence-corrected chi connectivity index (χ0v) is 22.5. The molecule has 0 amide bonds. The summed E-state index contributed by atoms with van der Waals surface area (Å²) in [5, 5.41) is 7.15. The molecular weight excluding hydrogens is 522 g/mol. The maximum absolute atomic E-state index is 13.5. The average Bonchev–Trinajstić information content (AvgIpc) is 3.34. The number of para-hydroxylation sites is 1. The van der Waals surface area contributed by atoms with Gasteiger partial charge in [-0.15, -0.1) is 11.3 Å². The largest absolute Gasteiger partial charge is 0.297 e. The van der Waals surface area contributed by atoms with Crippen LogP contribution in [0, 0.1) is 12.8 Å². The molecule has 0 bridgehead atoms. The van der Waals surface area contributed by atoms with E-state index in [2.05, 4.69) is 40.4 Å². The summed E-state index contributed by atoms with van der Waals surface area (Å²) in [6.45, 7) is 4.24. The highest BCUT2D eigenvalue weighted by atomic mass is 79.9. The molecule has 1 fully saturated rings. The highest BCUT2D eigenvalue weighted by molar-refractivity contribution is 9.10. The molecule has 2 aromatic carbocycles. The summed E-state index contributed by atoms with van der Waals surface area (Å²) in [5.41, 5.74) is 5.13. The highest BCUT2D eigenvalue weighted by Crippen LogP contribution is 2.26.